The fraction of sp³-hybridized carbons (Fsp3) is 0.0870. The fourth-order valence-electron chi connectivity index (χ4n) is 2.94. The van der Waals surface area contributed by atoms with Gasteiger partial charge in [0.05, 0.1) is 5.69 Å². The summed E-state index contributed by atoms with van der Waals surface area (Å²) >= 11 is 0. The van der Waals surface area contributed by atoms with Crippen molar-refractivity contribution in [3.63, 3.8) is 0 Å². The van der Waals surface area contributed by atoms with Crippen LogP contribution in [0.5, 0.6) is 11.5 Å². The van der Waals surface area contributed by atoms with Gasteiger partial charge in [0, 0.05) is 31.5 Å². The number of H-pyrrole nitrogens is 1. The Balaban J connectivity index is 1.39. The van der Waals surface area contributed by atoms with Crippen LogP contribution in [0.1, 0.15) is 16.1 Å². The Kier molecular flexibility index (Phi) is 5.33. The van der Waals surface area contributed by atoms with Gasteiger partial charge in [0.25, 0.3) is 5.91 Å². The minimum absolute atomic E-state index is 0.123. The van der Waals surface area contributed by atoms with Crippen LogP contribution < -0.4 is 4.74 Å². The van der Waals surface area contributed by atoms with Gasteiger partial charge in [-0.25, -0.2) is 0 Å². The summed E-state index contributed by atoms with van der Waals surface area (Å²) in [5, 5.41) is 7.06. The number of aromatic amines is 1. The molecule has 0 spiro atoms. The fourth-order valence-corrected chi connectivity index (χ4v) is 2.94. The Bertz CT molecular complexity index is 1080. The standard InChI is InChI=1S/C23H20N4O2/c1-27(23(28)22-15-21(25-26-22)18-11-13-24-14-12-18)16-17-7-9-20(10-8-17)29-19-5-3-2-4-6-19/h2-15H,16H2,1H3,(H,25,26). The molecule has 0 aliphatic rings. The molecule has 1 amide bonds. The van der Waals surface area contributed by atoms with Crippen LogP contribution in [0.4, 0.5) is 0 Å². The average molecular weight is 384 g/mol. The molecule has 144 valence electrons. The van der Waals surface area contributed by atoms with E-state index in [1.165, 1.54) is 0 Å². The number of para-hydroxylation sites is 1. The predicted octanol–water partition coefficient (Wildman–Crippen LogP) is 4.54. The van der Waals surface area contributed by atoms with Gasteiger partial charge in [-0.2, -0.15) is 5.10 Å². The topological polar surface area (TPSA) is 71.1 Å². The van der Waals surface area contributed by atoms with E-state index < -0.39 is 0 Å². The number of carbonyl (C=O) groups is 1. The van der Waals surface area contributed by atoms with E-state index in [0.717, 1.165) is 22.6 Å². The first-order chi connectivity index (χ1) is 14.2. The highest BCUT2D eigenvalue weighted by molar-refractivity contribution is 5.93. The summed E-state index contributed by atoms with van der Waals surface area (Å²) in [7, 11) is 1.77. The molecule has 0 aliphatic carbocycles. The molecule has 0 aliphatic heterocycles. The molecular weight excluding hydrogens is 364 g/mol. The summed E-state index contributed by atoms with van der Waals surface area (Å²) in [6, 6.07) is 22.8. The Morgan fingerprint density at radius 1 is 0.966 bits per heavy atom. The summed E-state index contributed by atoms with van der Waals surface area (Å²) in [6.07, 6.45) is 3.39. The first kappa shape index (κ1) is 18.4. The molecule has 6 heteroatoms. The van der Waals surface area contributed by atoms with Crippen molar-refractivity contribution >= 4 is 5.91 Å². The van der Waals surface area contributed by atoms with E-state index in [4.69, 9.17) is 4.74 Å². The van der Waals surface area contributed by atoms with Crippen molar-refractivity contribution in [3.05, 3.63) is 96.4 Å². The summed E-state index contributed by atoms with van der Waals surface area (Å²) in [5.74, 6) is 1.42. The van der Waals surface area contributed by atoms with Crippen LogP contribution in [-0.2, 0) is 6.54 Å². The molecule has 2 aromatic carbocycles. The molecule has 6 nitrogen and oxygen atoms in total. The average Bonchev–Trinajstić information content (AvgIpc) is 3.26. The van der Waals surface area contributed by atoms with E-state index in [1.54, 1.807) is 30.4 Å². The summed E-state index contributed by atoms with van der Waals surface area (Å²) in [6.45, 7) is 0.480. The van der Waals surface area contributed by atoms with Gasteiger partial charge in [0.15, 0.2) is 0 Å². The Morgan fingerprint density at radius 2 is 1.66 bits per heavy atom. The highest BCUT2D eigenvalue weighted by Gasteiger charge is 2.16. The maximum absolute atomic E-state index is 12.7. The van der Waals surface area contributed by atoms with Crippen LogP contribution in [0.3, 0.4) is 0 Å². The zero-order valence-corrected chi connectivity index (χ0v) is 15.9. The van der Waals surface area contributed by atoms with Crippen molar-refractivity contribution < 1.29 is 9.53 Å². The number of nitrogens with one attached hydrogen (secondary N) is 1. The van der Waals surface area contributed by atoms with Gasteiger partial charge in [-0.15, -0.1) is 0 Å². The van der Waals surface area contributed by atoms with Gasteiger partial charge in [-0.3, -0.25) is 14.9 Å². The van der Waals surface area contributed by atoms with E-state index in [1.807, 2.05) is 66.7 Å². The van der Waals surface area contributed by atoms with Gasteiger partial charge >= 0.3 is 0 Å². The summed E-state index contributed by atoms with van der Waals surface area (Å²) in [5.41, 5.74) is 3.08. The van der Waals surface area contributed by atoms with Crippen LogP contribution in [0.25, 0.3) is 11.3 Å². The number of amides is 1. The van der Waals surface area contributed by atoms with Crippen molar-refractivity contribution in [2.45, 2.75) is 6.54 Å². The number of rotatable bonds is 6. The number of carbonyl (C=O) groups excluding carboxylic acids is 1. The molecule has 0 unspecified atom stereocenters. The van der Waals surface area contributed by atoms with Crippen LogP contribution in [0.15, 0.2) is 85.2 Å². The third-order valence-electron chi connectivity index (χ3n) is 4.45. The van der Waals surface area contributed by atoms with Crippen molar-refractivity contribution in [1.82, 2.24) is 20.1 Å². The van der Waals surface area contributed by atoms with Crippen LogP contribution in [0.2, 0.25) is 0 Å². The zero-order valence-electron chi connectivity index (χ0n) is 15.9. The van der Waals surface area contributed by atoms with Crippen molar-refractivity contribution in [1.29, 1.82) is 0 Å². The van der Waals surface area contributed by atoms with Crippen LogP contribution >= 0.6 is 0 Å². The van der Waals surface area contributed by atoms with Gasteiger partial charge in [-0.1, -0.05) is 30.3 Å². The molecule has 0 atom stereocenters. The minimum atomic E-state index is -0.123. The third kappa shape index (κ3) is 4.50. The molecule has 4 rings (SSSR count). The number of hydrogen-bond donors (Lipinski definition) is 1. The Morgan fingerprint density at radius 3 is 2.38 bits per heavy atom. The Labute approximate surface area is 168 Å². The first-order valence-electron chi connectivity index (χ1n) is 9.22. The zero-order chi connectivity index (χ0) is 20.1. The van der Waals surface area contributed by atoms with E-state index in [9.17, 15) is 4.79 Å². The van der Waals surface area contributed by atoms with E-state index >= 15 is 0 Å². The Hall–Kier alpha value is -3.93. The summed E-state index contributed by atoms with van der Waals surface area (Å²) < 4.78 is 5.80. The normalized spacial score (nSPS) is 10.5. The quantitative estimate of drug-likeness (QED) is 0.530. The predicted molar refractivity (Wildman–Crippen MR) is 111 cm³/mol. The van der Waals surface area contributed by atoms with E-state index in [-0.39, 0.29) is 5.91 Å². The molecule has 2 aromatic heterocycles. The van der Waals surface area contributed by atoms with Crippen LogP contribution in [0, 0.1) is 0 Å². The van der Waals surface area contributed by atoms with Gasteiger partial charge in [0.2, 0.25) is 0 Å². The lowest BCUT2D eigenvalue weighted by atomic mass is 10.2. The molecule has 0 saturated heterocycles. The van der Waals surface area contributed by atoms with Crippen LogP contribution in [-0.4, -0.2) is 33.0 Å². The number of ether oxygens (including phenoxy) is 1. The molecule has 4 aromatic rings. The second-order valence-electron chi connectivity index (χ2n) is 6.62. The maximum atomic E-state index is 12.7. The van der Waals surface area contributed by atoms with Crippen molar-refractivity contribution in [2.24, 2.45) is 0 Å². The second kappa shape index (κ2) is 8.39. The van der Waals surface area contributed by atoms with E-state index in [2.05, 4.69) is 15.2 Å². The molecule has 29 heavy (non-hydrogen) atoms. The first-order valence-corrected chi connectivity index (χ1v) is 9.22. The number of aromatic nitrogens is 3. The monoisotopic (exact) mass is 384 g/mol. The summed E-state index contributed by atoms with van der Waals surface area (Å²) in [4.78, 5) is 18.4. The molecule has 0 radical (unpaired) electrons. The number of pyridine rings is 1. The molecule has 1 N–H and O–H groups in total. The highest BCUT2D eigenvalue weighted by Crippen LogP contribution is 2.22. The number of nitrogens with zero attached hydrogens (tertiary/aromatic N) is 3. The van der Waals surface area contributed by atoms with Gasteiger partial charge in [-0.05, 0) is 48.0 Å². The lowest BCUT2D eigenvalue weighted by Gasteiger charge is -2.16. The molecule has 0 bridgehead atoms. The SMILES string of the molecule is CN(Cc1ccc(Oc2ccccc2)cc1)C(=O)c1cc(-c2ccncc2)n[nH]1. The van der Waals surface area contributed by atoms with Crippen molar-refractivity contribution in [3.8, 4) is 22.8 Å². The van der Waals surface area contributed by atoms with Gasteiger partial charge < -0.3 is 9.64 Å². The lowest BCUT2D eigenvalue weighted by molar-refractivity contribution is 0.0779. The maximum Gasteiger partial charge on any atom is 0.271 e. The molecule has 0 fully saturated rings. The van der Waals surface area contributed by atoms with E-state index in [0.29, 0.717) is 17.9 Å². The number of hydrogen-bond acceptors (Lipinski definition) is 4. The molecular formula is C23H20N4O2. The highest BCUT2D eigenvalue weighted by atomic mass is 16.5. The molecule has 2 heterocycles. The number of benzene rings is 2. The van der Waals surface area contributed by atoms with Crippen molar-refractivity contribution in [2.75, 3.05) is 7.05 Å². The van der Waals surface area contributed by atoms with Gasteiger partial charge in [0.1, 0.15) is 17.2 Å². The smallest absolute Gasteiger partial charge is 0.271 e. The lowest BCUT2D eigenvalue weighted by Crippen LogP contribution is -2.26. The second-order valence-corrected chi connectivity index (χ2v) is 6.62. The third-order valence-corrected chi connectivity index (χ3v) is 4.45. The molecule has 0 saturated carbocycles. The minimum Gasteiger partial charge on any atom is -0.457 e. The largest absolute Gasteiger partial charge is 0.457 e.